The van der Waals surface area contributed by atoms with Crippen LogP contribution in [0.25, 0.3) is 11.1 Å². The van der Waals surface area contributed by atoms with E-state index in [4.69, 9.17) is 0 Å². The van der Waals surface area contributed by atoms with Crippen molar-refractivity contribution in [1.29, 1.82) is 0 Å². The second-order valence-electron chi connectivity index (χ2n) is 9.95. The van der Waals surface area contributed by atoms with Crippen LogP contribution in [0.5, 0.6) is 0 Å². The topological polar surface area (TPSA) is 61.4 Å². The zero-order chi connectivity index (χ0) is 24.2. The smallest absolute Gasteiger partial charge is 0.254 e. The molecule has 2 aliphatic carbocycles. The number of nitrogens with one attached hydrogen (secondary N) is 2. The van der Waals surface area contributed by atoms with E-state index < -0.39 is 23.9 Å². The molecule has 2 atom stereocenters. The highest BCUT2D eigenvalue weighted by Gasteiger charge is 2.33. The quantitative estimate of drug-likeness (QED) is 0.422. The third-order valence-electron chi connectivity index (χ3n) is 7.45. The van der Waals surface area contributed by atoms with Crippen molar-refractivity contribution in [2.75, 3.05) is 6.54 Å². The van der Waals surface area contributed by atoms with E-state index >= 15 is 0 Å². The predicted octanol–water partition coefficient (Wildman–Crippen LogP) is 5.55. The molecule has 3 aromatic rings. The molecular formula is C30H33FN2O2. The minimum atomic E-state index is -0.731. The first kappa shape index (κ1) is 23.7. The van der Waals surface area contributed by atoms with Crippen LogP contribution in [0.4, 0.5) is 4.39 Å². The molecule has 35 heavy (non-hydrogen) atoms. The molecule has 182 valence electrons. The number of halogens is 1. The zero-order valence-corrected chi connectivity index (χ0v) is 20.0. The van der Waals surface area contributed by atoms with Gasteiger partial charge in [0.1, 0.15) is 5.82 Å². The Morgan fingerprint density at radius 3 is 2.51 bits per heavy atom. The Labute approximate surface area is 206 Å². The predicted molar refractivity (Wildman–Crippen MR) is 136 cm³/mol. The van der Waals surface area contributed by atoms with Gasteiger partial charge in [0.25, 0.3) is 5.91 Å². The Bertz CT molecular complexity index is 1170. The zero-order valence-electron chi connectivity index (χ0n) is 20.0. The molecule has 3 N–H and O–H groups in total. The molecule has 1 amide bonds. The highest BCUT2D eigenvalue weighted by atomic mass is 19.1. The summed E-state index contributed by atoms with van der Waals surface area (Å²) in [5, 5.41) is 17.2. The lowest BCUT2D eigenvalue weighted by Crippen LogP contribution is -2.34. The summed E-state index contributed by atoms with van der Waals surface area (Å²) in [6.45, 7) is 1.79. The standard InChI is InChI=1S/C30H33FN2O2/c31-27-16-23(22-9-5-2-6-10-22)13-14-25(27)30(35)33-29-26-15-21(11-12-24(26)17-28(29)34)19-32-18-20-7-3-1-4-8-20/h2,5-6,9-16,20,28-29,32,34H,1,3-4,7-8,17-19H2,(H,33,35)/t28-,29-/m1/s1. The number of hydrogen-bond donors (Lipinski definition) is 3. The molecule has 0 radical (unpaired) electrons. The highest BCUT2D eigenvalue weighted by Crippen LogP contribution is 2.33. The molecule has 1 saturated carbocycles. The van der Waals surface area contributed by atoms with Crippen LogP contribution in [0.15, 0.2) is 66.7 Å². The fraction of sp³-hybridized carbons (Fsp3) is 0.367. The van der Waals surface area contributed by atoms with Gasteiger partial charge in [-0.2, -0.15) is 0 Å². The SMILES string of the molecule is O=C(N[C@@H]1c2cc(CNCC3CCCCC3)ccc2C[C@H]1O)c1ccc(-c2ccccc2)cc1F. The van der Waals surface area contributed by atoms with E-state index in [2.05, 4.69) is 22.8 Å². The first-order valence-electron chi connectivity index (χ1n) is 12.7. The van der Waals surface area contributed by atoms with Gasteiger partial charge in [-0.25, -0.2) is 4.39 Å². The molecule has 0 heterocycles. The summed E-state index contributed by atoms with van der Waals surface area (Å²) in [6.07, 6.45) is 6.38. The monoisotopic (exact) mass is 472 g/mol. The maximum Gasteiger partial charge on any atom is 0.254 e. The number of carbonyl (C=O) groups is 1. The van der Waals surface area contributed by atoms with E-state index in [0.29, 0.717) is 6.42 Å². The summed E-state index contributed by atoms with van der Waals surface area (Å²) < 4.78 is 14.9. The van der Waals surface area contributed by atoms with Crippen LogP contribution in [-0.2, 0) is 13.0 Å². The fourth-order valence-electron chi connectivity index (χ4n) is 5.49. The fourth-order valence-corrected chi connectivity index (χ4v) is 5.49. The maximum atomic E-state index is 14.9. The van der Waals surface area contributed by atoms with Crippen molar-refractivity contribution >= 4 is 5.91 Å². The molecule has 5 rings (SSSR count). The number of carbonyl (C=O) groups excluding carboxylic acids is 1. The first-order chi connectivity index (χ1) is 17.1. The Kier molecular flexibility index (Phi) is 7.26. The molecule has 2 aliphatic rings. The highest BCUT2D eigenvalue weighted by molar-refractivity contribution is 5.95. The Balaban J connectivity index is 1.26. The average molecular weight is 473 g/mol. The minimum Gasteiger partial charge on any atom is -0.390 e. The summed E-state index contributed by atoms with van der Waals surface area (Å²) in [7, 11) is 0. The molecule has 1 fully saturated rings. The van der Waals surface area contributed by atoms with Crippen molar-refractivity contribution in [3.8, 4) is 11.1 Å². The maximum absolute atomic E-state index is 14.9. The summed E-state index contributed by atoms with van der Waals surface area (Å²) >= 11 is 0. The van der Waals surface area contributed by atoms with Crippen molar-refractivity contribution in [3.63, 3.8) is 0 Å². The van der Waals surface area contributed by atoms with Gasteiger partial charge in [-0.1, -0.05) is 73.9 Å². The van der Waals surface area contributed by atoms with Gasteiger partial charge in [0.15, 0.2) is 0 Å². The van der Waals surface area contributed by atoms with Crippen LogP contribution in [0.1, 0.15) is 65.2 Å². The van der Waals surface area contributed by atoms with E-state index in [-0.39, 0.29) is 5.56 Å². The van der Waals surface area contributed by atoms with Gasteiger partial charge >= 0.3 is 0 Å². The lowest BCUT2D eigenvalue weighted by atomic mass is 9.89. The van der Waals surface area contributed by atoms with Gasteiger partial charge in [-0.05, 0) is 65.3 Å². The number of amides is 1. The van der Waals surface area contributed by atoms with E-state index in [0.717, 1.165) is 46.8 Å². The summed E-state index contributed by atoms with van der Waals surface area (Å²) in [6, 6.07) is 19.8. The van der Waals surface area contributed by atoms with Gasteiger partial charge in [0, 0.05) is 13.0 Å². The molecule has 0 spiro atoms. The Morgan fingerprint density at radius 2 is 1.74 bits per heavy atom. The van der Waals surface area contributed by atoms with Crippen LogP contribution in [0.3, 0.4) is 0 Å². The lowest BCUT2D eigenvalue weighted by molar-refractivity contribution is 0.0854. The van der Waals surface area contributed by atoms with Gasteiger partial charge < -0.3 is 15.7 Å². The summed E-state index contributed by atoms with van der Waals surface area (Å²) in [5.74, 6) is -0.327. The van der Waals surface area contributed by atoms with E-state index in [1.807, 2.05) is 36.4 Å². The van der Waals surface area contributed by atoms with Crippen LogP contribution >= 0.6 is 0 Å². The molecule has 0 bridgehead atoms. The van der Waals surface area contributed by atoms with Crippen LogP contribution in [0.2, 0.25) is 0 Å². The number of hydrogen-bond acceptors (Lipinski definition) is 3. The largest absolute Gasteiger partial charge is 0.390 e. The normalized spacial score (nSPS) is 19.9. The Morgan fingerprint density at radius 1 is 0.943 bits per heavy atom. The molecule has 3 aromatic carbocycles. The molecular weight excluding hydrogens is 439 g/mol. The van der Waals surface area contributed by atoms with Crippen molar-refractivity contribution in [1.82, 2.24) is 10.6 Å². The average Bonchev–Trinajstić information content (AvgIpc) is 3.19. The van der Waals surface area contributed by atoms with E-state index in [1.54, 1.807) is 6.07 Å². The van der Waals surface area contributed by atoms with Crippen LogP contribution in [0, 0.1) is 11.7 Å². The first-order valence-corrected chi connectivity index (χ1v) is 12.7. The second-order valence-corrected chi connectivity index (χ2v) is 9.95. The van der Waals surface area contributed by atoms with Gasteiger partial charge in [-0.15, -0.1) is 0 Å². The number of benzene rings is 3. The number of fused-ring (bicyclic) bond motifs is 1. The minimum absolute atomic E-state index is 0.0179. The van der Waals surface area contributed by atoms with Gasteiger partial charge in [0.2, 0.25) is 0 Å². The van der Waals surface area contributed by atoms with Crippen molar-refractivity contribution in [3.05, 3.63) is 94.8 Å². The van der Waals surface area contributed by atoms with Gasteiger partial charge in [0.05, 0.1) is 17.7 Å². The van der Waals surface area contributed by atoms with Crippen LogP contribution in [-0.4, -0.2) is 23.7 Å². The van der Waals surface area contributed by atoms with Crippen molar-refractivity contribution < 1.29 is 14.3 Å². The third-order valence-corrected chi connectivity index (χ3v) is 7.45. The van der Waals surface area contributed by atoms with Crippen molar-refractivity contribution in [2.45, 2.75) is 57.2 Å². The van der Waals surface area contributed by atoms with E-state index in [9.17, 15) is 14.3 Å². The molecule has 4 nitrogen and oxygen atoms in total. The Hall–Kier alpha value is -3.02. The number of rotatable bonds is 7. The van der Waals surface area contributed by atoms with Gasteiger partial charge in [-0.3, -0.25) is 4.79 Å². The molecule has 5 heteroatoms. The molecule has 0 saturated heterocycles. The third kappa shape index (κ3) is 5.47. The summed E-state index contributed by atoms with van der Waals surface area (Å²) in [4.78, 5) is 13.0. The van der Waals surface area contributed by atoms with Crippen LogP contribution < -0.4 is 10.6 Å². The summed E-state index contributed by atoms with van der Waals surface area (Å²) in [5.41, 5.74) is 4.67. The van der Waals surface area contributed by atoms with Crippen molar-refractivity contribution in [2.24, 2.45) is 5.92 Å². The number of aliphatic hydroxyl groups excluding tert-OH is 1. The molecule has 0 unspecified atom stereocenters. The molecule has 0 aliphatic heterocycles. The molecule has 0 aromatic heterocycles. The lowest BCUT2D eigenvalue weighted by Gasteiger charge is -2.22. The van der Waals surface area contributed by atoms with E-state index in [1.165, 1.54) is 44.2 Å². The second kappa shape index (κ2) is 10.7. The number of aliphatic hydroxyl groups is 1.